The van der Waals surface area contributed by atoms with Gasteiger partial charge in [0, 0.05) is 11.8 Å². The van der Waals surface area contributed by atoms with Gasteiger partial charge >= 0.3 is 5.97 Å². The lowest BCUT2D eigenvalue weighted by Gasteiger charge is -2.18. The van der Waals surface area contributed by atoms with E-state index in [-0.39, 0.29) is 12.1 Å². The number of carbonyl (C=O) groups is 1. The first-order valence-electron chi connectivity index (χ1n) is 19.1. The molecular formula is C41H73BrO2. The van der Waals surface area contributed by atoms with Gasteiger partial charge in [-0.15, -0.1) is 0 Å². The quantitative estimate of drug-likeness (QED) is 0.0293. The molecule has 0 rings (SSSR count). The van der Waals surface area contributed by atoms with Crippen molar-refractivity contribution >= 4 is 21.9 Å². The number of allylic oxidation sites excluding steroid dienone is 8. The van der Waals surface area contributed by atoms with Crippen LogP contribution in [0.5, 0.6) is 0 Å². The maximum absolute atomic E-state index is 12.3. The number of esters is 1. The minimum atomic E-state index is -0.00224. The molecule has 0 bridgehead atoms. The summed E-state index contributed by atoms with van der Waals surface area (Å²) in [5.74, 6) is -0.00224. The molecule has 0 amide bonds. The lowest BCUT2D eigenvalue weighted by atomic mass is 10.0. The van der Waals surface area contributed by atoms with Crippen LogP contribution in [0.25, 0.3) is 0 Å². The van der Waals surface area contributed by atoms with Gasteiger partial charge in [0.05, 0.1) is 0 Å². The van der Waals surface area contributed by atoms with E-state index in [1.54, 1.807) is 0 Å². The summed E-state index contributed by atoms with van der Waals surface area (Å²) in [7, 11) is 0. The Morgan fingerprint density at radius 3 is 1.25 bits per heavy atom. The van der Waals surface area contributed by atoms with Crippen molar-refractivity contribution in [1.82, 2.24) is 0 Å². The number of halogens is 1. The smallest absolute Gasteiger partial charge is 0.306 e. The van der Waals surface area contributed by atoms with Crippen molar-refractivity contribution in [3.8, 4) is 0 Å². The van der Waals surface area contributed by atoms with Gasteiger partial charge in [-0.1, -0.05) is 168 Å². The first-order chi connectivity index (χ1) is 21.7. The molecule has 0 aliphatic rings. The molecule has 0 aliphatic heterocycles. The molecule has 3 heteroatoms. The van der Waals surface area contributed by atoms with E-state index >= 15 is 0 Å². The summed E-state index contributed by atoms with van der Waals surface area (Å²) in [6.07, 6.45) is 52.7. The molecule has 0 aromatic heterocycles. The highest BCUT2D eigenvalue weighted by atomic mass is 79.9. The zero-order valence-electron chi connectivity index (χ0n) is 29.4. The summed E-state index contributed by atoms with van der Waals surface area (Å²) in [5.41, 5.74) is 0. The molecule has 0 atom stereocenters. The predicted molar refractivity (Wildman–Crippen MR) is 201 cm³/mol. The Balaban J connectivity index is 3.86. The van der Waals surface area contributed by atoms with E-state index in [1.165, 1.54) is 141 Å². The molecule has 0 spiro atoms. The summed E-state index contributed by atoms with van der Waals surface area (Å²) in [5, 5.41) is 0.867. The van der Waals surface area contributed by atoms with Gasteiger partial charge in [-0.05, 0) is 83.5 Å². The molecule has 0 N–H and O–H groups in total. The SMILES string of the molecule is CCCC/C=C\C/C=C\CCCCCCCCCC(CCCCCCCCC/C=C\C/C=C\CCCC)OC(=O)CCCBr. The fraction of sp³-hybridized carbons (Fsp3) is 0.780. The number of ether oxygens (including phenoxy) is 1. The third-order valence-electron chi connectivity index (χ3n) is 8.27. The number of hydrogen-bond acceptors (Lipinski definition) is 2. The Morgan fingerprint density at radius 2 is 0.864 bits per heavy atom. The average Bonchev–Trinajstić information content (AvgIpc) is 3.03. The first kappa shape index (κ1) is 42.9. The van der Waals surface area contributed by atoms with Gasteiger partial charge in [-0.3, -0.25) is 4.79 Å². The van der Waals surface area contributed by atoms with Crippen molar-refractivity contribution in [1.29, 1.82) is 0 Å². The Hall–Kier alpha value is -1.09. The van der Waals surface area contributed by atoms with Crippen molar-refractivity contribution in [2.75, 3.05) is 5.33 Å². The summed E-state index contributed by atoms with van der Waals surface area (Å²) >= 11 is 3.43. The number of hydrogen-bond donors (Lipinski definition) is 0. The lowest BCUT2D eigenvalue weighted by Crippen LogP contribution is -2.18. The van der Waals surface area contributed by atoms with Crippen LogP contribution in [0.2, 0.25) is 0 Å². The van der Waals surface area contributed by atoms with E-state index in [0.717, 1.165) is 37.4 Å². The van der Waals surface area contributed by atoms with Gasteiger partial charge < -0.3 is 4.74 Å². The highest BCUT2D eigenvalue weighted by Gasteiger charge is 2.14. The predicted octanol–water partition coefficient (Wildman–Crippen LogP) is 14.5. The maximum atomic E-state index is 12.3. The second-order valence-corrected chi connectivity index (χ2v) is 13.4. The molecule has 44 heavy (non-hydrogen) atoms. The second-order valence-electron chi connectivity index (χ2n) is 12.7. The van der Waals surface area contributed by atoms with Crippen LogP contribution in [0.4, 0.5) is 0 Å². The molecule has 256 valence electrons. The summed E-state index contributed by atoms with van der Waals surface area (Å²) < 4.78 is 5.92. The third-order valence-corrected chi connectivity index (χ3v) is 8.83. The normalized spacial score (nSPS) is 12.3. The van der Waals surface area contributed by atoms with Crippen LogP contribution in [0.3, 0.4) is 0 Å². The molecule has 0 heterocycles. The molecule has 0 radical (unpaired) electrons. The van der Waals surface area contributed by atoms with Gasteiger partial charge in [-0.25, -0.2) is 0 Å². The van der Waals surface area contributed by atoms with Crippen molar-refractivity contribution in [2.45, 2.75) is 200 Å². The highest BCUT2D eigenvalue weighted by Crippen LogP contribution is 2.18. The molecule has 0 unspecified atom stereocenters. The van der Waals surface area contributed by atoms with Gasteiger partial charge in [0.1, 0.15) is 6.10 Å². The highest BCUT2D eigenvalue weighted by molar-refractivity contribution is 9.09. The van der Waals surface area contributed by atoms with Crippen molar-refractivity contribution in [3.63, 3.8) is 0 Å². The van der Waals surface area contributed by atoms with Crippen LogP contribution < -0.4 is 0 Å². The third kappa shape index (κ3) is 35.4. The van der Waals surface area contributed by atoms with Gasteiger partial charge in [0.25, 0.3) is 0 Å². The average molecular weight is 678 g/mol. The van der Waals surface area contributed by atoms with Crippen molar-refractivity contribution in [3.05, 3.63) is 48.6 Å². The standard InChI is InChI=1S/C41H73BrO2/c1-3-5-7-9-11-13-15-17-19-21-23-25-27-29-31-33-36-40(44-41(43)38-35-39-42)37-34-32-30-28-26-24-22-20-18-16-14-12-10-8-6-4-2/h9-12,15-18,40H,3-8,13-14,19-39H2,1-2H3/b11-9-,12-10-,17-15-,18-16-. The number of unbranched alkanes of at least 4 members (excludes halogenated alkanes) is 18. The van der Waals surface area contributed by atoms with Crippen LogP contribution in [0.1, 0.15) is 194 Å². The van der Waals surface area contributed by atoms with Gasteiger partial charge in [0.2, 0.25) is 0 Å². The fourth-order valence-electron chi connectivity index (χ4n) is 5.41. The van der Waals surface area contributed by atoms with Crippen LogP contribution in [0.15, 0.2) is 48.6 Å². The zero-order valence-corrected chi connectivity index (χ0v) is 31.0. The fourth-order valence-corrected chi connectivity index (χ4v) is 5.69. The van der Waals surface area contributed by atoms with Crippen molar-refractivity contribution < 1.29 is 9.53 Å². The molecule has 0 saturated heterocycles. The molecule has 0 aliphatic carbocycles. The second kappa shape index (κ2) is 38.1. The van der Waals surface area contributed by atoms with Crippen LogP contribution in [-0.4, -0.2) is 17.4 Å². The summed E-state index contributed by atoms with van der Waals surface area (Å²) in [6.45, 7) is 4.50. The number of carbonyl (C=O) groups excluding carboxylic acids is 1. The van der Waals surface area contributed by atoms with E-state index in [1.807, 2.05) is 0 Å². The van der Waals surface area contributed by atoms with Crippen LogP contribution in [-0.2, 0) is 9.53 Å². The molecule has 0 fully saturated rings. The van der Waals surface area contributed by atoms with E-state index in [4.69, 9.17) is 4.74 Å². The minimum Gasteiger partial charge on any atom is -0.462 e. The largest absolute Gasteiger partial charge is 0.462 e. The van der Waals surface area contributed by atoms with E-state index in [9.17, 15) is 4.79 Å². The van der Waals surface area contributed by atoms with Crippen LogP contribution in [0, 0.1) is 0 Å². The summed E-state index contributed by atoms with van der Waals surface area (Å²) in [4.78, 5) is 12.3. The number of alkyl halides is 1. The van der Waals surface area contributed by atoms with Gasteiger partial charge in [-0.2, -0.15) is 0 Å². The first-order valence-corrected chi connectivity index (χ1v) is 20.2. The molecule has 0 aromatic carbocycles. The van der Waals surface area contributed by atoms with E-state index in [0.29, 0.717) is 6.42 Å². The zero-order chi connectivity index (χ0) is 32.0. The summed E-state index contributed by atoms with van der Waals surface area (Å²) in [6, 6.07) is 0. The monoisotopic (exact) mass is 676 g/mol. The van der Waals surface area contributed by atoms with E-state index in [2.05, 4.69) is 78.4 Å². The Kier molecular flexibility index (Phi) is 37.2. The number of rotatable bonds is 34. The molecule has 0 aromatic rings. The molecule has 0 saturated carbocycles. The van der Waals surface area contributed by atoms with Gasteiger partial charge in [0.15, 0.2) is 0 Å². The van der Waals surface area contributed by atoms with Crippen LogP contribution >= 0.6 is 15.9 Å². The van der Waals surface area contributed by atoms with E-state index < -0.39 is 0 Å². The lowest BCUT2D eigenvalue weighted by molar-refractivity contribution is -0.149. The minimum absolute atomic E-state index is 0.00224. The Morgan fingerprint density at radius 1 is 0.500 bits per heavy atom. The van der Waals surface area contributed by atoms with Crippen molar-refractivity contribution in [2.24, 2.45) is 0 Å². The maximum Gasteiger partial charge on any atom is 0.306 e. The Labute approximate surface area is 284 Å². The molecular weight excluding hydrogens is 604 g/mol. The molecule has 2 nitrogen and oxygen atoms in total. The topological polar surface area (TPSA) is 26.3 Å². The Bertz CT molecular complexity index is 645.